The molecule has 1 atom stereocenters. The second-order valence-corrected chi connectivity index (χ2v) is 3.75. The van der Waals surface area contributed by atoms with Crippen LogP contribution in [0.1, 0.15) is 6.92 Å². The molecule has 17 heavy (non-hydrogen) atoms. The van der Waals surface area contributed by atoms with E-state index in [1.54, 1.807) is 14.2 Å². The predicted molar refractivity (Wildman–Crippen MR) is 67.8 cm³/mol. The molecule has 4 nitrogen and oxygen atoms in total. The predicted octanol–water partition coefficient (Wildman–Crippen LogP) is 1.70. The standard InChI is InChI=1S/C13H21NO3/c1-11(15-2)10-14-8-9-17-13-7-5-4-6-12(13)16-3/h4-7,11,14H,8-10H2,1-3H3. The molecular formula is C13H21NO3. The van der Waals surface area contributed by atoms with Gasteiger partial charge in [0.2, 0.25) is 0 Å². The minimum Gasteiger partial charge on any atom is -0.493 e. The number of rotatable bonds is 8. The zero-order valence-electron chi connectivity index (χ0n) is 10.7. The van der Waals surface area contributed by atoms with Gasteiger partial charge < -0.3 is 19.5 Å². The number of nitrogens with one attached hydrogen (secondary N) is 1. The van der Waals surface area contributed by atoms with E-state index >= 15 is 0 Å². The molecule has 0 amide bonds. The first-order chi connectivity index (χ1) is 8.27. The third-order valence-corrected chi connectivity index (χ3v) is 2.44. The van der Waals surface area contributed by atoms with Gasteiger partial charge >= 0.3 is 0 Å². The van der Waals surface area contributed by atoms with E-state index in [4.69, 9.17) is 14.2 Å². The van der Waals surface area contributed by atoms with Gasteiger partial charge in [0.15, 0.2) is 11.5 Å². The summed E-state index contributed by atoms with van der Waals surface area (Å²) >= 11 is 0. The summed E-state index contributed by atoms with van der Waals surface area (Å²) in [5, 5.41) is 3.25. The van der Waals surface area contributed by atoms with E-state index in [2.05, 4.69) is 5.32 Å². The highest BCUT2D eigenvalue weighted by Crippen LogP contribution is 2.25. The van der Waals surface area contributed by atoms with Crippen molar-refractivity contribution in [1.82, 2.24) is 5.32 Å². The number of methoxy groups -OCH3 is 2. The lowest BCUT2D eigenvalue weighted by atomic mass is 10.3. The van der Waals surface area contributed by atoms with Crippen molar-refractivity contribution >= 4 is 0 Å². The third kappa shape index (κ3) is 5.06. The summed E-state index contributed by atoms with van der Waals surface area (Å²) in [6.45, 7) is 4.24. The van der Waals surface area contributed by atoms with Crippen molar-refractivity contribution in [3.05, 3.63) is 24.3 Å². The fraction of sp³-hybridized carbons (Fsp3) is 0.538. The molecule has 0 saturated heterocycles. The van der Waals surface area contributed by atoms with Crippen molar-refractivity contribution in [2.45, 2.75) is 13.0 Å². The second kappa shape index (κ2) is 7.92. The fourth-order valence-electron chi connectivity index (χ4n) is 1.36. The molecule has 1 aromatic rings. The zero-order valence-corrected chi connectivity index (χ0v) is 10.7. The lowest BCUT2D eigenvalue weighted by Crippen LogP contribution is -2.29. The number of benzene rings is 1. The van der Waals surface area contributed by atoms with Gasteiger partial charge in [-0.25, -0.2) is 0 Å². The van der Waals surface area contributed by atoms with Crippen LogP contribution < -0.4 is 14.8 Å². The Morgan fingerprint density at radius 1 is 1.18 bits per heavy atom. The Hall–Kier alpha value is -1.26. The van der Waals surface area contributed by atoms with Crippen molar-refractivity contribution in [1.29, 1.82) is 0 Å². The van der Waals surface area contributed by atoms with E-state index in [1.165, 1.54) is 0 Å². The Morgan fingerprint density at radius 3 is 2.53 bits per heavy atom. The van der Waals surface area contributed by atoms with E-state index in [0.717, 1.165) is 24.6 Å². The van der Waals surface area contributed by atoms with E-state index in [0.29, 0.717) is 6.61 Å². The first-order valence-electron chi connectivity index (χ1n) is 5.77. The molecule has 0 spiro atoms. The Balaban J connectivity index is 2.22. The molecule has 0 aliphatic carbocycles. The summed E-state index contributed by atoms with van der Waals surface area (Å²) in [6, 6.07) is 7.63. The van der Waals surface area contributed by atoms with Crippen LogP contribution in [-0.4, -0.2) is 40.0 Å². The van der Waals surface area contributed by atoms with E-state index in [-0.39, 0.29) is 6.10 Å². The van der Waals surface area contributed by atoms with Crippen LogP contribution in [0.15, 0.2) is 24.3 Å². The van der Waals surface area contributed by atoms with Crippen LogP contribution in [-0.2, 0) is 4.74 Å². The SMILES string of the molecule is COc1ccccc1OCCNCC(C)OC. The molecular weight excluding hydrogens is 218 g/mol. The largest absolute Gasteiger partial charge is 0.493 e. The van der Waals surface area contributed by atoms with Crippen LogP contribution in [0.25, 0.3) is 0 Å². The van der Waals surface area contributed by atoms with Crippen molar-refractivity contribution in [3.8, 4) is 11.5 Å². The van der Waals surface area contributed by atoms with Crippen LogP contribution in [0.5, 0.6) is 11.5 Å². The summed E-state index contributed by atoms with van der Waals surface area (Å²) in [6.07, 6.45) is 0.223. The van der Waals surface area contributed by atoms with Gasteiger partial charge in [-0.05, 0) is 19.1 Å². The molecule has 1 unspecified atom stereocenters. The lowest BCUT2D eigenvalue weighted by molar-refractivity contribution is 0.116. The normalized spacial score (nSPS) is 12.2. The molecule has 0 aliphatic heterocycles. The topological polar surface area (TPSA) is 39.7 Å². The minimum atomic E-state index is 0.223. The molecule has 0 fully saturated rings. The molecule has 0 radical (unpaired) electrons. The van der Waals surface area contributed by atoms with Gasteiger partial charge in [0, 0.05) is 20.2 Å². The Kier molecular flexibility index (Phi) is 6.43. The monoisotopic (exact) mass is 239 g/mol. The van der Waals surface area contributed by atoms with E-state index in [9.17, 15) is 0 Å². The fourth-order valence-corrected chi connectivity index (χ4v) is 1.36. The first-order valence-corrected chi connectivity index (χ1v) is 5.77. The molecule has 0 saturated carbocycles. The summed E-state index contributed by atoms with van der Waals surface area (Å²) in [4.78, 5) is 0. The molecule has 0 aromatic heterocycles. The van der Waals surface area contributed by atoms with Gasteiger partial charge in [-0.3, -0.25) is 0 Å². The summed E-state index contributed by atoms with van der Waals surface area (Å²) in [5.74, 6) is 1.54. The zero-order chi connectivity index (χ0) is 12.5. The van der Waals surface area contributed by atoms with Crippen molar-refractivity contribution in [3.63, 3.8) is 0 Å². The van der Waals surface area contributed by atoms with Gasteiger partial charge in [0.1, 0.15) is 6.61 Å². The molecule has 1 N–H and O–H groups in total. The smallest absolute Gasteiger partial charge is 0.161 e. The number of hydrogen-bond donors (Lipinski definition) is 1. The highest BCUT2D eigenvalue weighted by Gasteiger charge is 2.02. The highest BCUT2D eigenvalue weighted by atomic mass is 16.5. The maximum atomic E-state index is 5.62. The van der Waals surface area contributed by atoms with E-state index in [1.807, 2.05) is 31.2 Å². The van der Waals surface area contributed by atoms with Gasteiger partial charge in [-0.1, -0.05) is 12.1 Å². The number of hydrogen-bond acceptors (Lipinski definition) is 4. The molecule has 0 heterocycles. The quantitative estimate of drug-likeness (QED) is 0.701. The van der Waals surface area contributed by atoms with Crippen molar-refractivity contribution in [2.75, 3.05) is 33.9 Å². The molecule has 4 heteroatoms. The minimum absolute atomic E-state index is 0.223. The van der Waals surface area contributed by atoms with Crippen molar-refractivity contribution < 1.29 is 14.2 Å². The molecule has 96 valence electrons. The Morgan fingerprint density at radius 2 is 1.88 bits per heavy atom. The van der Waals surface area contributed by atoms with E-state index < -0.39 is 0 Å². The highest BCUT2D eigenvalue weighted by molar-refractivity contribution is 5.39. The first kappa shape index (κ1) is 13.8. The number of ether oxygens (including phenoxy) is 3. The van der Waals surface area contributed by atoms with Gasteiger partial charge in [-0.15, -0.1) is 0 Å². The summed E-state index contributed by atoms with van der Waals surface area (Å²) in [7, 11) is 3.35. The van der Waals surface area contributed by atoms with Crippen LogP contribution in [0.4, 0.5) is 0 Å². The molecule has 1 rings (SSSR count). The van der Waals surface area contributed by atoms with Gasteiger partial charge in [0.25, 0.3) is 0 Å². The maximum Gasteiger partial charge on any atom is 0.161 e. The molecule has 1 aromatic carbocycles. The van der Waals surface area contributed by atoms with Crippen molar-refractivity contribution in [2.24, 2.45) is 0 Å². The maximum absolute atomic E-state index is 5.62. The van der Waals surface area contributed by atoms with Gasteiger partial charge in [-0.2, -0.15) is 0 Å². The summed E-state index contributed by atoms with van der Waals surface area (Å²) < 4.78 is 15.9. The second-order valence-electron chi connectivity index (χ2n) is 3.75. The van der Waals surface area contributed by atoms with Crippen LogP contribution in [0, 0.1) is 0 Å². The average molecular weight is 239 g/mol. The number of para-hydroxylation sites is 2. The molecule has 0 bridgehead atoms. The lowest BCUT2D eigenvalue weighted by Gasteiger charge is -2.12. The average Bonchev–Trinajstić information content (AvgIpc) is 2.38. The Labute approximate surface area is 103 Å². The molecule has 0 aliphatic rings. The third-order valence-electron chi connectivity index (χ3n) is 2.44. The van der Waals surface area contributed by atoms with Crippen LogP contribution in [0.3, 0.4) is 0 Å². The van der Waals surface area contributed by atoms with Crippen LogP contribution >= 0.6 is 0 Å². The summed E-state index contributed by atoms with van der Waals surface area (Å²) in [5.41, 5.74) is 0. The van der Waals surface area contributed by atoms with Gasteiger partial charge in [0.05, 0.1) is 13.2 Å². The van der Waals surface area contributed by atoms with Crippen LogP contribution in [0.2, 0.25) is 0 Å². The Bertz CT molecular complexity index is 317.